The van der Waals surface area contributed by atoms with Gasteiger partial charge in [-0.1, -0.05) is 19.9 Å². The van der Waals surface area contributed by atoms with Crippen LogP contribution >= 0.6 is 0 Å². The predicted octanol–water partition coefficient (Wildman–Crippen LogP) is 2.79. The zero-order valence-electron chi connectivity index (χ0n) is 10.4. The van der Waals surface area contributed by atoms with Crippen molar-refractivity contribution in [2.75, 3.05) is 7.11 Å². The second kappa shape index (κ2) is 4.99. The summed E-state index contributed by atoms with van der Waals surface area (Å²) in [6.07, 6.45) is 4.30. The van der Waals surface area contributed by atoms with E-state index in [4.69, 9.17) is 4.74 Å². The Morgan fingerprint density at radius 3 is 2.82 bits per heavy atom. The van der Waals surface area contributed by atoms with E-state index in [1.165, 1.54) is 11.9 Å². The van der Waals surface area contributed by atoms with E-state index in [1.54, 1.807) is 18.1 Å². The molecule has 0 aliphatic carbocycles. The van der Waals surface area contributed by atoms with Crippen molar-refractivity contribution in [3.63, 3.8) is 0 Å². The molecule has 2 aromatic rings. The first kappa shape index (κ1) is 11.6. The van der Waals surface area contributed by atoms with Crippen LogP contribution in [-0.2, 0) is 0 Å². The molecular formula is C13H17N3O. The van der Waals surface area contributed by atoms with Crippen molar-refractivity contribution in [3.05, 3.63) is 36.4 Å². The van der Waals surface area contributed by atoms with Gasteiger partial charge in [-0.15, -0.1) is 0 Å². The second-order valence-corrected chi connectivity index (χ2v) is 4.08. The molecular weight excluding hydrogens is 214 g/mol. The molecule has 1 aromatic heterocycles. The lowest BCUT2D eigenvalue weighted by Gasteiger charge is -2.13. The van der Waals surface area contributed by atoms with Gasteiger partial charge in [0.1, 0.15) is 24.1 Å². The predicted molar refractivity (Wildman–Crippen MR) is 66.6 cm³/mol. The van der Waals surface area contributed by atoms with Gasteiger partial charge in [-0.25, -0.2) is 9.67 Å². The Bertz CT molecular complexity index is 479. The van der Waals surface area contributed by atoms with Crippen LogP contribution in [0, 0.1) is 0 Å². The summed E-state index contributed by atoms with van der Waals surface area (Å²) >= 11 is 0. The highest BCUT2D eigenvalue weighted by Gasteiger charge is 2.10. The van der Waals surface area contributed by atoms with Crippen molar-refractivity contribution in [2.45, 2.75) is 26.2 Å². The Morgan fingerprint density at radius 2 is 2.24 bits per heavy atom. The van der Waals surface area contributed by atoms with E-state index in [-0.39, 0.29) is 0 Å². The van der Waals surface area contributed by atoms with E-state index < -0.39 is 0 Å². The number of nitrogens with zero attached hydrogens (tertiary/aromatic N) is 3. The van der Waals surface area contributed by atoms with Crippen LogP contribution in [0.3, 0.4) is 0 Å². The van der Waals surface area contributed by atoms with Crippen LogP contribution in [0.4, 0.5) is 0 Å². The van der Waals surface area contributed by atoms with Crippen LogP contribution in [0.25, 0.3) is 5.69 Å². The minimum atomic E-state index is 0.536. The van der Waals surface area contributed by atoms with Crippen molar-refractivity contribution in [1.29, 1.82) is 0 Å². The van der Waals surface area contributed by atoms with Crippen LogP contribution in [0.15, 0.2) is 30.9 Å². The van der Waals surface area contributed by atoms with Gasteiger partial charge in [0.25, 0.3) is 0 Å². The zero-order valence-corrected chi connectivity index (χ0v) is 10.4. The molecule has 0 saturated heterocycles. The van der Waals surface area contributed by atoms with Gasteiger partial charge in [0.2, 0.25) is 0 Å². The molecule has 0 aliphatic rings. The summed E-state index contributed by atoms with van der Waals surface area (Å²) in [5, 5.41) is 4.12. The minimum absolute atomic E-state index is 0.536. The van der Waals surface area contributed by atoms with Gasteiger partial charge in [-0.2, -0.15) is 5.10 Å². The number of aromatic nitrogens is 3. The van der Waals surface area contributed by atoms with Crippen molar-refractivity contribution in [2.24, 2.45) is 0 Å². The SMILES string of the molecule is CCC(C)c1ccc(-n2cncn2)c(OC)c1. The number of benzene rings is 1. The first-order chi connectivity index (χ1) is 8.26. The molecule has 17 heavy (non-hydrogen) atoms. The monoisotopic (exact) mass is 231 g/mol. The van der Waals surface area contributed by atoms with Gasteiger partial charge in [0.05, 0.1) is 7.11 Å². The molecule has 0 spiro atoms. The van der Waals surface area contributed by atoms with Crippen LogP contribution in [0.2, 0.25) is 0 Å². The molecule has 1 atom stereocenters. The third kappa shape index (κ3) is 2.30. The van der Waals surface area contributed by atoms with Crippen LogP contribution in [-0.4, -0.2) is 21.9 Å². The molecule has 0 fully saturated rings. The van der Waals surface area contributed by atoms with Gasteiger partial charge in [0.15, 0.2) is 0 Å². The van der Waals surface area contributed by atoms with Crippen LogP contribution < -0.4 is 4.74 Å². The molecule has 1 unspecified atom stereocenters. The molecule has 0 bridgehead atoms. The topological polar surface area (TPSA) is 39.9 Å². The van der Waals surface area contributed by atoms with E-state index in [2.05, 4.69) is 36.1 Å². The Hall–Kier alpha value is -1.84. The summed E-state index contributed by atoms with van der Waals surface area (Å²) in [7, 11) is 1.68. The van der Waals surface area contributed by atoms with E-state index in [1.807, 2.05) is 6.07 Å². The molecule has 0 N–H and O–H groups in total. The van der Waals surface area contributed by atoms with Crippen molar-refractivity contribution in [1.82, 2.24) is 14.8 Å². The summed E-state index contributed by atoms with van der Waals surface area (Å²) in [6, 6.07) is 6.22. The maximum Gasteiger partial charge on any atom is 0.144 e. The fraction of sp³-hybridized carbons (Fsp3) is 0.385. The number of ether oxygens (including phenoxy) is 1. The average Bonchev–Trinajstić information content (AvgIpc) is 2.90. The molecule has 0 radical (unpaired) electrons. The van der Waals surface area contributed by atoms with Gasteiger partial charge in [0, 0.05) is 0 Å². The Balaban J connectivity index is 2.42. The zero-order chi connectivity index (χ0) is 12.3. The maximum atomic E-state index is 5.42. The fourth-order valence-electron chi connectivity index (χ4n) is 1.76. The van der Waals surface area contributed by atoms with Crippen LogP contribution in [0.5, 0.6) is 5.75 Å². The number of rotatable bonds is 4. The number of hydrogen-bond donors (Lipinski definition) is 0. The molecule has 90 valence electrons. The lowest BCUT2D eigenvalue weighted by Crippen LogP contribution is -2.00. The molecule has 0 saturated carbocycles. The van der Waals surface area contributed by atoms with Crippen molar-refractivity contribution >= 4 is 0 Å². The highest BCUT2D eigenvalue weighted by molar-refractivity contribution is 5.48. The fourth-order valence-corrected chi connectivity index (χ4v) is 1.76. The number of hydrogen-bond acceptors (Lipinski definition) is 3. The normalized spacial score (nSPS) is 12.4. The lowest BCUT2D eigenvalue weighted by molar-refractivity contribution is 0.410. The van der Waals surface area contributed by atoms with Crippen molar-refractivity contribution < 1.29 is 4.74 Å². The quantitative estimate of drug-likeness (QED) is 0.812. The average molecular weight is 231 g/mol. The highest BCUT2D eigenvalue weighted by atomic mass is 16.5. The Kier molecular flexibility index (Phi) is 3.42. The first-order valence-corrected chi connectivity index (χ1v) is 5.79. The van der Waals surface area contributed by atoms with E-state index in [0.29, 0.717) is 5.92 Å². The van der Waals surface area contributed by atoms with Gasteiger partial charge < -0.3 is 4.74 Å². The first-order valence-electron chi connectivity index (χ1n) is 5.79. The van der Waals surface area contributed by atoms with E-state index in [0.717, 1.165) is 17.9 Å². The van der Waals surface area contributed by atoms with Gasteiger partial charge in [-0.05, 0) is 30.0 Å². The van der Waals surface area contributed by atoms with Gasteiger partial charge in [-0.3, -0.25) is 0 Å². The smallest absolute Gasteiger partial charge is 0.144 e. The second-order valence-electron chi connectivity index (χ2n) is 4.08. The third-order valence-electron chi connectivity index (χ3n) is 3.05. The molecule has 4 nitrogen and oxygen atoms in total. The summed E-state index contributed by atoms with van der Waals surface area (Å²) in [6.45, 7) is 4.40. The minimum Gasteiger partial charge on any atom is -0.494 e. The molecule has 2 rings (SSSR count). The summed E-state index contributed by atoms with van der Waals surface area (Å²) in [5.74, 6) is 1.36. The molecule has 0 amide bonds. The molecule has 1 heterocycles. The largest absolute Gasteiger partial charge is 0.494 e. The summed E-state index contributed by atoms with van der Waals surface area (Å²) < 4.78 is 7.12. The van der Waals surface area contributed by atoms with Crippen molar-refractivity contribution in [3.8, 4) is 11.4 Å². The molecule has 1 aromatic carbocycles. The molecule has 0 aliphatic heterocycles. The standard InChI is InChI=1S/C13H17N3O/c1-4-10(2)11-5-6-12(13(7-11)17-3)16-9-14-8-15-16/h5-10H,4H2,1-3H3. The lowest BCUT2D eigenvalue weighted by atomic mass is 9.98. The number of methoxy groups -OCH3 is 1. The summed E-state index contributed by atoms with van der Waals surface area (Å²) in [5.41, 5.74) is 2.20. The van der Waals surface area contributed by atoms with E-state index in [9.17, 15) is 0 Å². The summed E-state index contributed by atoms with van der Waals surface area (Å²) in [4.78, 5) is 3.94. The maximum absolute atomic E-state index is 5.42. The third-order valence-corrected chi connectivity index (χ3v) is 3.05. The Labute approximate surface area is 101 Å². The van der Waals surface area contributed by atoms with Crippen LogP contribution in [0.1, 0.15) is 31.7 Å². The Morgan fingerprint density at radius 1 is 1.41 bits per heavy atom. The highest BCUT2D eigenvalue weighted by Crippen LogP contribution is 2.28. The van der Waals surface area contributed by atoms with Gasteiger partial charge >= 0.3 is 0 Å². The van der Waals surface area contributed by atoms with E-state index >= 15 is 0 Å². The molecule has 4 heteroatoms.